The summed E-state index contributed by atoms with van der Waals surface area (Å²) in [7, 11) is 0. The standard InChI is InChI=1S/C21H25N3O2/c1-14-6-8-17(9-7-14)23-10-11-24(15(2)13-23)21(26)18-12-16-4-3-5-19(16)22-20(18)25/h6-9,12,15H,3-5,10-11,13H2,1-2H3,(H,22,25). The molecule has 5 heteroatoms. The lowest BCUT2D eigenvalue weighted by molar-refractivity contribution is 0.0672. The van der Waals surface area contributed by atoms with Gasteiger partial charge in [0, 0.05) is 37.1 Å². The number of nitrogens with one attached hydrogen (secondary N) is 1. The molecule has 0 saturated carbocycles. The van der Waals surface area contributed by atoms with Gasteiger partial charge in [-0.15, -0.1) is 0 Å². The van der Waals surface area contributed by atoms with Crippen LogP contribution in [0.1, 0.15) is 40.5 Å². The number of amides is 1. The molecule has 2 aromatic rings. The van der Waals surface area contributed by atoms with Crippen LogP contribution < -0.4 is 10.5 Å². The Hall–Kier alpha value is -2.56. The highest BCUT2D eigenvalue weighted by Crippen LogP contribution is 2.22. The first-order valence-corrected chi connectivity index (χ1v) is 9.40. The monoisotopic (exact) mass is 351 g/mol. The van der Waals surface area contributed by atoms with E-state index in [0.29, 0.717) is 12.1 Å². The number of aromatic amines is 1. The lowest BCUT2D eigenvalue weighted by atomic mass is 10.1. The van der Waals surface area contributed by atoms with Gasteiger partial charge in [0.05, 0.1) is 0 Å². The molecule has 1 unspecified atom stereocenters. The number of aryl methyl sites for hydroxylation is 3. The molecule has 0 spiro atoms. The van der Waals surface area contributed by atoms with E-state index in [-0.39, 0.29) is 17.5 Å². The smallest absolute Gasteiger partial charge is 0.261 e. The highest BCUT2D eigenvalue weighted by Gasteiger charge is 2.30. The number of rotatable bonds is 2. The lowest BCUT2D eigenvalue weighted by Crippen LogP contribution is -2.54. The number of nitrogens with zero attached hydrogens (tertiary/aromatic N) is 2. The second-order valence-electron chi connectivity index (χ2n) is 7.50. The molecule has 2 aliphatic rings. The van der Waals surface area contributed by atoms with E-state index < -0.39 is 0 Å². The molecule has 0 radical (unpaired) electrons. The minimum atomic E-state index is -0.246. The van der Waals surface area contributed by atoms with E-state index in [2.05, 4.69) is 48.0 Å². The Bertz CT molecular complexity index is 885. The number of H-pyrrole nitrogens is 1. The van der Waals surface area contributed by atoms with Crippen LogP contribution in [0.25, 0.3) is 0 Å². The van der Waals surface area contributed by atoms with Crippen molar-refractivity contribution in [3.63, 3.8) is 0 Å². The largest absolute Gasteiger partial charge is 0.368 e. The molecule has 1 amide bonds. The molecule has 5 nitrogen and oxygen atoms in total. The Morgan fingerprint density at radius 1 is 1.15 bits per heavy atom. The molecule has 1 aliphatic carbocycles. The highest BCUT2D eigenvalue weighted by molar-refractivity contribution is 5.94. The summed E-state index contributed by atoms with van der Waals surface area (Å²) in [5.74, 6) is -0.142. The average Bonchev–Trinajstić information content (AvgIpc) is 3.08. The number of carbonyl (C=O) groups excluding carboxylic acids is 1. The summed E-state index contributed by atoms with van der Waals surface area (Å²) in [4.78, 5) is 32.4. The number of anilines is 1. The normalized spacial score (nSPS) is 19.5. The summed E-state index contributed by atoms with van der Waals surface area (Å²) in [6, 6.07) is 10.4. The van der Waals surface area contributed by atoms with E-state index in [0.717, 1.165) is 43.6 Å². The molecular weight excluding hydrogens is 326 g/mol. The Kier molecular flexibility index (Phi) is 4.31. The Morgan fingerprint density at radius 2 is 1.92 bits per heavy atom. The van der Waals surface area contributed by atoms with E-state index >= 15 is 0 Å². The van der Waals surface area contributed by atoms with Gasteiger partial charge in [0.15, 0.2) is 0 Å². The molecular formula is C21H25N3O2. The van der Waals surface area contributed by atoms with Gasteiger partial charge in [-0.05, 0) is 56.9 Å². The Labute approximate surface area is 153 Å². The van der Waals surface area contributed by atoms with Gasteiger partial charge in [-0.25, -0.2) is 0 Å². The topological polar surface area (TPSA) is 56.4 Å². The van der Waals surface area contributed by atoms with Crippen LogP contribution in [-0.2, 0) is 12.8 Å². The maximum Gasteiger partial charge on any atom is 0.261 e. The summed E-state index contributed by atoms with van der Waals surface area (Å²) >= 11 is 0. The summed E-state index contributed by atoms with van der Waals surface area (Å²) in [5, 5.41) is 0. The van der Waals surface area contributed by atoms with Gasteiger partial charge in [0.25, 0.3) is 11.5 Å². The first kappa shape index (κ1) is 16.9. The van der Waals surface area contributed by atoms with Crippen molar-refractivity contribution in [2.75, 3.05) is 24.5 Å². The maximum absolute atomic E-state index is 13.0. The van der Waals surface area contributed by atoms with Gasteiger partial charge in [-0.2, -0.15) is 0 Å². The molecule has 2 heterocycles. The van der Waals surface area contributed by atoms with Crippen molar-refractivity contribution >= 4 is 11.6 Å². The Morgan fingerprint density at radius 3 is 2.65 bits per heavy atom. The third-order valence-electron chi connectivity index (χ3n) is 5.61. The van der Waals surface area contributed by atoms with E-state index in [1.807, 2.05) is 11.0 Å². The van der Waals surface area contributed by atoms with Crippen molar-refractivity contribution in [1.29, 1.82) is 0 Å². The van der Waals surface area contributed by atoms with Crippen molar-refractivity contribution in [2.45, 2.75) is 39.2 Å². The number of piperazine rings is 1. The zero-order chi connectivity index (χ0) is 18.3. The zero-order valence-corrected chi connectivity index (χ0v) is 15.4. The second-order valence-corrected chi connectivity index (χ2v) is 7.50. The van der Waals surface area contributed by atoms with E-state index in [4.69, 9.17) is 0 Å². The van der Waals surface area contributed by atoms with Gasteiger partial charge in [-0.1, -0.05) is 17.7 Å². The fourth-order valence-corrected chi connectivity index (χ4v) is 4.08. The quantitative estimate of drug-likeness (QED) is 0.905. The fraction of sp³-hybridized carbons (Fsp3) is 0.429. The van der Waals surface area contributed by atoms with E-state index in [1.54, 1.807) is 0 Å². The minimum Gasteiger partial charge on any atom is -0.368 e. The van der Waals surface area contributed by atoms with Gasteiger partial charge in [-0.3, -0.25) is 9.59 Å². The SMILES string of the molecule is Cc1ccc(N2CCN(C(=O)c3cc4c([nH]c3=O)CCC4)C(C)C2)cc1. The number of carbonyl (C=O) groups is 1. The van der Waals surface area contributed by atoms with Crippen LogP contribution in [0.2, 0.25) is 0 Å². The summed E-state index contributed by atoms with van der Waals surface area (Å²) in [6.45, 7) is 6.32. The fourth-order valence-electron chi connectivity index (χ4n) is 4.08. The molecule has 1 aromatic carbocycles. The molecule has 1 atom stereocenters. The van der Waals surface area contributed by atoms with Crippen LogP contribution in [0.4, 0.5) is 5.69 Å². The zero-order valence-electron chi connectivity index (χ0n) is 15.4. The predicted molar refractivity (Wildman–Crippen MR) is 103 cm³/mol. The van der Waals surface area contributed by atoms with Crippen LogP contribution in [0.5, 0.6) is 0 Å². The third-order valence-corrected chi connectivity index (χ3v) is 5.61. The minimum absolute atomic E-state index is 0.0604. The second kappa shape index (κ2) is 6.63. The average molecular weight is 351 g/mol. The number of benzene rings is 1. The van der Waals surface area contributed by atoms with Crippen molar-refractivity contribution in [3.05, 3.63) is 63.1 Å². The van der Waals surface area contributed by atoms with Gasteiger partial charge < -0.3 is 14.8 Å². The summed E-state index contributed by atoms with van der Waals surface area (Å²) in [6.07, 6.45) is 2.91. The number of pyridine rings is 1. The number of fused-ring (bicyclic) bond motifs is 1. The van der Waals surface area contributed by atoms with E-state index in [9.17, 15) is 9.59 Å². The van der Waals surface area contributed by atoms with Gasteiger partial charge >= 0.3 is 0 Å². The van der Waals surface area contributed by atoms with Crippen LogP contribution in [0, 0.1) is 6.92 Å². The predicted octanol–water partition coefficient (Wildman–Crippen LogP) is 2.52. The highest BCUT2D eigenvalue weighted by atomic mass is 16.2. The van der Waals surface area contributed by atoms with E-state index in [1.165, 1.54) is 11.3 Å². The molecule has 26 heavy (non-hydrogen) atoms. The molecule has 0 bridgehead atoms. The van der Waals surface area contributed by atoms with Crippen molar-refractivity contribution in [3.8, 4) is 0 Å². The summed E-state index contributed by atoms with van der Waals surface area (Å²) < 4.78 is 0. The first-order valence-electron chi connectivity index (χ1n) is 9.40. The van der Waals surface area contributed by atoms with Crippen LogP contribution in [0.3, 0.4) is 0 Å². The van der Waals surface area contributed by atoms with Crippen molar-refractivity contribution in [2.24, 2.45) is 0 Å². The van der Waals surface area contributed by atoms with Crippen molar-refractivity contribution < 1.29 is 4.79 Å². The molecule has 1 N–H and O–H groups in total. The molecule has 136 valence electrons. The number of aromatic nitrogens is 1. The summed E-state index contributed by atoms with van der Waals surface area (Å²) in [5.41, 5.74) is 4.60. The molecule has 1 fully saturated rings. The molecule has 1 saturated heterocycles. The molecule has 1 aliphatic heterocycles. The lowest BCUT2D eigenvalue weighted by Gasteiger charge is -2.41. The number of hydrogen-bond acceptors (Lipinski definition) is 3. The van der Waals surface area contributed by atoms with Crippen LogP contribution in [0.15, 0.2) is 35.1 Å². The van der Waals surface area contributed by atoms with Crippen LogP contribution in [-0.4, -0.2) is 41.5 Å². The van der Waals surface area contributed by atoms with Gasteiger partial charge in [0.2, 0.25) is 0 Å². The van der Waals surface area contributed by atoms with Crippen molar-refractivity contribution in [1.82, 2.24) is 9.88 Å². The molecule has 1 aromatic heterocycles. The number of hydrogen-bond donors (Lipinski definition) is 1. The Balaban J connectivity index is 1.52. The first-order chi connectivity index (χ1) is 12.5. The third kappa shape index (κ3) is 3.02. The molecule has 4 rings (SSSR count). The van der Waals surface area contributed by atoms with Crippen LogP contribution >= 0.6 is 0 Å². The maximum atomic E-state index is 13.0. The van der Waals surface area contributed by atoms with Gasteiger partial charge in [0.1, 0.15) is 5.56 Å².